The molecule has 16 aromatic rings. The number of nitrogens with zero attached hydrogens (tertiary/aromatic N) is 2. The lowest BCUT2D eigenvalue weighted by atomic mass is 10.0. The SMILES string of the molecule is c1ccc(N(c2ccc3cc4c(cc3c2)oc2cc3cc5oc6cc7cc(N(c8ccccc8)c8cccc9c8oc8ccccc89)ccc7cc6c5cc3cc24)c2cccc3c2oc2ccccc23)cc1. The van der Waals surface area contributed by atoms with Crippen LogP contribution < -0.4 is 9.80 Å². The van der Waals surface area contributed by atoms with Crippen LogP contribution in [0, 0.1) is 0 Å². The molecule has 0 amide bonds. The molecule has 336 valence electrons. The second-order valence-electron chi connectivity index (χ2n) is 18.9. The maximum absolute atomic E-state index is 6.72. The summed E-state index contributed by atoms with van der Waals surface area (Å²) in [4.78, 5) is 4.56. The summed E-state index contributed by atoms with van der Waals surface area (Å²) in [6.45, 7) is 0. The maximum atomic E-state index is 6.72. The summed E-state index contributed by atoms with van der Waals surface area (Å²) in [6.07, 6.45) is 0. The van der Waals surface area contributed by atoms with Crippen molar-refractivity contribution in [1.29, 1.82) is 0 Å². The van der Waals surface area contributed by atoms with Crippen LogP contribution in [0.5, 0.6) is 0 Å². The third-order valence-electron chi connectivity index (χ3n) is 14.7. The molecule has 6 nitrogen and oxygen atoms in total. The largest absolute Gasteiger partial charge is 0.456 e. The Kier molecular flexibility index (Phi) is 8.07. The van der Waals surface area contributed by atoms with E-state index in [4.69, 9.17) is 17.7 Å². The van der Waals surface area contributed by atoms with Crippen molar-refractivity contribution in [3.05, 3.63) is 231 Å². The Morgan fingerprint density at radius 3 is 1.01 bits per heavy atom. The first-order valence-corrected chi connectivity index (χ1v) is 24.3. The van der Waals surface area contributed by atoms with Crippen molar-refractivity contribution in [3.63, 3.8) is 0 Å². The molecule has 0 atom stereocenters. The van der Waals surface area contributed by atoms with Crippen molar-refractivity contribution in [3.8, 4) is 0 Å². The maximum Gasteiger partial charge on any atom is 0.159 e. The smallest absolute Gasteiger partial charge is 0.159 e. The summed E-state index contributed by atoms with van der Waals surface area (Å²) in [5.41, 5.74) is 12.9. The Labute approximate surface area is 410 Å². The highest BCUT2D eigenvalue weighted by molar-refractivity contribution is 6.19. The van der Waals surface area contributed by atoms with Crippen LogP contribution >= 0.6 is 0 Å². The molecule has 0 aliphatic rings. The van der Waals surface area contributed by atoms with Gasteiger partial charge >= 0.3 is 0 Å². The minimum atomic E-state index is 0.838. The summed E-state index contributed by atoms with van der Waals surface area (Å²) < 4.78 is 26.6. The molecule has 16 rings (SSSR count). The van der Waals surface area contributed by atoms with Gasteiger partial charge in [-0.15, -0.1) is 0 Å². The average Bonchev–Trinajstić information content (AvgIpc) is 4.19. The van der Waals surface area contributed by atoms with E-state index in [1.807, 2.05) is 24.3 Å². The Morgan fingerprint density at radius 2 is 0.569 bits per heavy atom. The molecule has 4 heterocycles. The summed E-state index contributed by atoms with van der Waals surface area (Å²) in [7, 11) is 0. The normalized spacial score (nSPS) is 12.2. The number of benzene rings is 12. The van der Waals surface area contributed by atoms with Gasteiger partial charge in [0.1, 0.15) is 33.5 Å². The van der Waals surface area contributed by atoms with Gasteiger partial charge in [0.2, 0.25) is 0 Å². The fraction of sp³-hybridized carbons (Fsp3) is 0. The van der Waals surface area contributed by atoms with Crippen LogP contribution in [-0.2, 0) is 0 Å². The van der Waals surface area contributed by atoms with Crippen LogP contribution in [0.15, 0.2) is 248 Å². The lowest BCUT2D eigenvalue weighted by Gasteiger charge is -2.25. The van der Waals surface area contributed by atoms with Crippen molar-refractivity contribution in [2.24, 2.45) is 0 Å². The van der Waals surface area contributed by atoms with Crippen LogP contribution in [0.4, 0.5) is 34.1 Å². The van der Waals surface area contributed by atoms with Gasteiger partial charge in [-0.1, -0.05) is 109 Å². The highest BCUT2D eigenvalue weighted by Crippen LogP contribution is 2.46. The van der Waals surface area contributed by atoms with Crippen molar-refractivity contribution >= 4 is 154 Å². The molecule has 0 unspecified atom stereocenters. The predicted molar refractivity (Wildman–Crippen MR) is 297 cm³/mol. The van der Waals surface area contributed by atoms with E-state index in [1.54, 1.807) is 0 Å². The van der Waals surface area contributed by atoms with Gasteiger partial charge in [-0.25, -0.2) is 0 Å². The molecule has 0 saturated carbocycles. The van der Waals surface area contributed by atoms with E-state index >= 15 is 0 Å². The first-order valence-electron chi connectivity index (χ1n) is 24.3. The second kappa shape index (κ2) is 14.9. The van der Waals surface area contributed by atoms with Gasteiger partial charge in [-0.3, -0.25) is 0 Å². The number of rotatable bonds is 6. The monoisotopic (exact) mass is 922 g/mol. The standard InChI is InChI=1S/C66H38N2O4/c1-3-13-45(14-4-1)67(57-21-11-19-51-49-17-7-9-23-59(49)71-65(51)57)47-27-25-39-31-53-55-33-43-34-56-54-32-40-26-28-48(30-42(40)36-62(54)70-64(56)38-44(43)37-63(55)69-61(53)35-41(39)29-47)68(46-15-5-2-6-16-46)58-22-12-20-52-50-18-8-10-24-60(50)72-66(52)58/h1-38H. The zero-order valence-electron chi connectivity index (χ0n) is 38.5. The fourth-order valence-electron chi connectivity index (χ4n) is 11.4. The molecule has 4 aromatic heterocycles. The highest BCUT2D eigenvalue weighted by atomic mass is 16.3. The third-order valence-corrected chi connectivity index (χ3v) is 14.7. The fourth-order valence-corrected chi connectivity index (χ4v) is 11.4. The quantitative estimate of drug-likeness (QED) is 0.166. The molecule has 72 heavy (non-hydrogen) atoms. The molecule has 0 bridgehead atoms. The zero-order valence-corrected chi connectivity index (χ0v) is 38.5. The molecule has 0 aliphatic carbocycles. The third kappa shape index (κ3) is 5.84. The number of fused-ring (bicyclic) bond motifs is 15. The van der Waals surface area contributed by atoms with E-state index in [1.165, 1.54) is 0 Å². The molecule has 0 N–H and O–H groups in total. The number of hydrogen-bond acceptors (Lipinski definition) is 6. The zero-order chi connectivity index (χ0) is 47.0. The molecular formula is C66H38N2O4. The Balaban J connectivity index is 0.792. The van der Waals surface area contributed by atoms with Crippen LogP contribution in [0.2, 0.25) is 0 Å². The van der Waals surface area contributed by atoms with Crippen molar-refractivity contribution in [1.82, 2.24) is 0 Å². The Hall–Kier alpha value is -9.78. The van der Waals surface area contributed by atoms with Gasteiger partial charge in [0.25, 0.3) is 0 Å². The molecule has 0 fully saturated rings. The van der Waals surface area contributed by atoms with Crippen LogP contribution in [-0.4, -0.2) is 0 Å². The van der Waals surface area contributed by atoms with Gasteiger partial charge in [-0.2, -0.15) is 0 Å². The van der Waals surface area contributed by atoms with Crippen LogP contribution in [0.3, 0.4) is 0 Å². The number of para-hydroxylation sites is 6. The lowest BCUT2D eigenvalue weighted by Crippen LogP contribution is -2.10. The van der Waals surface area contributed by atoms with Gasteiger partial charge in [0.05, 0.1) is 11.4 Å². The van der Waals surface area contributed by atoms with Crippen molar-refractivity contribution in [2.75, 3.05) is 9.80 Å². The molecular weight excluding hydrogens is 885 g/mol. The predicted octanol–water partition coefficient (Wildman–Crippen LogP) is 19.7. The van der Waals surface area contributed by atoms with Gasteiger partial charge in [0, 0.05) is 65.8 Å². The van der Waals surface area contributed by atoms with Crippen LogP contribution in [0.25, 0.3) is 120 Å². The summed E-state index contributed by atoms with van der Waals surface area (Å²) >= 11 is 0. The van der Waals surface area contributed by atoms with Crippen LogP contribution in [0.1, 0.15) is 0 Å². The molecule has 6 heteroatoms. The Bertz CT molecular complexity index is 4580. The highest BCUT2D eigenvalue weighted by Gasteiger charge is 2.22. The second-order valence-corrected chi connectivity index (χ2v) is 18.9. The van der Waals surface area contributed by atoms with Crippen molar-refractivity contribution in [2.45, 2.75) is 0 Å². The van der Waals surface area contributed by atoms with Gasteiger partial charge in [0.15, 0.2) is 11.2 Å². The number of furan rings is 4. The van der Waals surface area contributed by atoms with E-state index in [2.05, 4.69) is 216 Å². The minimum absolute atomic E-state index is 0.838. The summed E-state index contributed by atoms with van der Waals surface area (Å²) in [5.74, 6) is 0. The molecule has 0 spiro atoms. The Morgan fingerprint density at radius 1 is 0.208 bits per heavy atom. The first kappa shape index (κ1) is 39.1. The average molecular weight is 923 g/mol. The minimum Gasteiger partial charge on any atom is -0.456 e. The van der Waals surface area contributed by atoms with Crippen molar-refractivity contribution < 1.29 is 17.7 Å². The lowest BCUT2D eigenvalue weighted by molar-refractivity contribution is 0.668. The van der Waals surface area contributed by atoms with E-state index in [9.17, 15) is 0 Å². The summed E-state index contributed by atoms with van der Waals surface area (Å²) in [5, 5.41) is 15.3. The van der Waals surface area contributed by atoms with Gasteiger partial charge in [-0.05, 0) is 154 Å². The molecule has 12 aromatic carbocycles. The summed E-state index contributed by atoms with van der Waals surface area (Å²) in [6, 6.07) is 81.3. The number of hydrogen-bond donors (Lipinski definition) is 0. The number of anilines is 6. The van der Waals surface area contributed by atoms with E-state index < -0.39 is 0 Å². The molecule has 0 aliphatic heterocycles. The molecule has 0 saturated heterocycles. The molecule has 0 radical (unpaired) electrons. The van der Waals surface area contributed by atoms with E-state index in [0.717, 1.165) is 154 Å². The van der Waals surface area contributed by atoms with E-state index in [0.29, 0.717) is 0 Å². The van der Waals surface area contributed by atoms with E-state index in [-0.39, 0.29) is 0 Å². The van der Waals surface area contributed by atoms with Gasteiger partial charge < -0.3 is 27.5 Å². The first-order chi connectivity index (χ1) is 35.6. The topological polar surface area (TPSA) is 59.0 Å².